The Balaban J connectivity index is 1.39. The summed E-state index contributed by atoms with van der Waals surface area (Å²) in [5, 5.41) is 7.41. The largest absolute Gasteiger partial charge is 0.340 e. The van der Waals surface area contributed by atoms with Crippen LogP contribution in [0.5, 0.6) is 0 Å². The van der Waals surface area contributed by atoms with E-state index in [1.807, 2.05) is 60.7 Å². The molecule has 0 atom stereocenters. The highest BCUT2D eigenvalue weighted by atomic mass is 16.2. The Morgan fingerprint density at radius 3 is 2.53 bits per heavy atom. The van der Waals surface area contributed by atoms with Crippen molar-refractivity contribution >= 4 is 45.3 Å². The van der Waals surface area contributed by atoms with Crippen molar-refractivity contribution in [3.8, 4) is 0 Å². The van der Waals surface area contributed by atoms with Crippen LogP contribution in [0.2, 0.25) is 0 Å². The summed E-state index contributed by atoms with van der Waals surface area (Å²) in [7, 11) is 0. The summed E-state index contributed by atoms with van der Waals surface area (Å²) in [6, 6.07) is 20.8. The van der Waals surface area contributed by atoms with Crippen molar-refractivity contribution < 1.29 is 9.59 Å². The molecule has 5 aromatic rings. The number of imidazole rings is 2. The Labute approximate surface area is 170 Å². The van der Waals surface area contributed by atoms with Crippen molar-refractivity contribution in [3.63, 3.8) is 0 Å². The summed E-state index contributed by atoms with van der Waals surface area (Å²) in [5.74, 6) is -0.715. The first kappa shape index (κ1) is 17.6. The molecule has 0 radical (unpaired) electrons. The second-order valence-corrected chi connectivity index (χ2v) is 6.66. The fourth-order valence-corrected chi connectivity index (χ4v) is 3.34. The van der Waals surface area contributed by atoms with E-state index in [0.29, 0.717) is 5.69 Å². The van der Waals surface area contributed by atoms with Crippen LogP contribution in [0.1, 0.15) is 21.0 Å². The molecule has 2 amide bonds. The lowest BCUT2D eigenvalue weighted by atomic mass is 10.1. The van der Waals surface area contributed by atoms with Crippen LogP contribution in [-0.4, -0.2) is 31.8 Å². The molecule has 5 rings (SSSR count). The Kier molecular flexibility index (Phi) is 4.21. The number of H-pyrrole nitrogens is 2. The van der Waals surface area contributed by atoms with E-state index >= 15 is 0 Å². The van der Waals surface area contributed by atoms with Crippen molar-refractivity contribution in [2.75, 3.05) is 10.6 Å². The lowest BCUT2D eigenvalue weighted by Gasteiger charge is -2.08. The van der Waals surface area contributed by atoms with Gasteiger partial charge in [-0.3, -0.25) is 14.9 Å². The number of rotatable bonds is 4. The summed E-state index contributed by atoms with van der Waals surface area (Å²) >= 11 is 0. The third-order valence-corrected chi connectivity index (χ3v) is 4.74. The fraction of sp³-hybridized carbons (Fsp3) is 0. The number of para-hydroxylation sites is 2. The molecule has 0 aliphatic rings. The van der Waals surface area contributed by atoms with Crippen LogP contribution < -0.4 is 10.6 Å². The first-order valence-corrected chi connectivity index (χ1v) is 9.27. The Bertz CT molecular complexity index is 1360. The zero-order valence-electron chi connectivity index (χ0n) is 15.6. The van der Waals surface area contributed by atoms with Gasteiger partial charge in [-0.05, 0) is 23.6 Å². The Hall–Kier alpha value is -4.46. The van der Waals surface area contributed by atoms with Gasteiger partial charge in [0.05, 0.1) is 17.4 Å². The topological polar surface area (TPSA) is 116 Å². The molecule has 0 spiro atoms. The van der Waals surface area contributed by atoms with E-state index in [-0.39, 0.29) is 17.3 Å². The maximum Gasteiger partial charge on any atom is 0.276 e. The molecule has 0 fully saturated rings. The molecule has 0 aliphatic carbocycles. The van der Waals surface area contributed by atoms with Crippen LogP contribution in [0.25, 0.3) is 21.8 Å². The van der Waals surface area contributed by atoms with Crippen molar-refractivity contribution in [1.82, 2.24) is 19.9 Å². The van der Waals surface area contributed by atoms with Gasteiger partial charge in [-0.25, -0.2) is 9.97 Å². The molecule has 8 heteroatoms. The van der Waals surface area contributed by atoms with Gasteiger partial charge in [0.2, 0.25) is 5.95 Å². The van der Waals surface area contributed by atoms with Crippen LogP contribution in [-0.2, 0) is 0 Å². The second-order valence-electron chi connectivity index (χ2n) is 6.66. The van der Waals surface area contributed by atoms with E-state index in [9.17, 15) is 9.59 Å². The minimum Gasteiger partial charge on any atom is -0.340 e. The van der Waals surface area contributed by atoms with Gasteiger partial charge in [-0.1, -0.05) is 48.5 Å². The number of anilines is 2. The predicted octanol–water partition coefficient (Wildman–Crippen LogP) is 3.94. The highest BCUT2D eigenvalue weighted by molar-refractivity contribution is 6.15. The summed E-state index contributed by atoms with van der Waals surface area (Å²) in [6.45, 7) is 0. The maximum absolute atomic E-state index is 12.8. The van der Waals surface area contributed by atoms with Crippen molar-refractivity contribution in [1.29, 1.82) is 0 Å². The van der Waals surface area contributed by atoms with Gasteiger partial charge in [-0.2, -0.15) is 0 Å². The molecule has 30 heavy (non-hydrogen) atoms. The molecule has 3 aromatic carbocycles. The van der Waals surface area contributed by atoms with Crippen molar-refractivity contribution in [2.45, 2.75) is 0 Å². The van der Waals surface area contributed by atoms with E-state index in [1.165, 1.54) is 6.33 Å². The number of carbonyl (C=O) groups excluding carboxylic acids is 2. The third-order valence-electron chi connectivity index (χ3n) is 4.74. The van der Waals surface area contributed by atoms with Gasteiger partial charge in [0.15, 0.2) is 5.69 Å². The third kappa shape index (κ3) is 3.16. The summed E-state index contributed by atoms with van der Waals surface area (Å²) in [6.07, 6.45) is 1.31. The summed E-state index contributed by atoms with van der Waals surface area (Å²) in [4.78, 5) is 39.7. The number of aromatic amines is 2. The molecular formula is C22H16N6O2. The standard InChI is InChI=1S/C22H16N6O2/c29-20(25-15-11-5-7-13-6-1-2-8-14(13)15)18-19(24-12-23-18)21(30)28-22-26-16-9-3-4-10-17(16)27-22/h1-12H,(H,23,24)(H,25,29)(H2,26,27,28,30). The van der Waals surface area contributed by atoms with E-state index in [2.05, 4.69) is 30.6 Å². The lowest BCUT2D eigenvalue weighted by Crippen LogP contribution is -2.21. The number of hydrogen-bond donors (Lipinski definition) is 4. The molecule has 2 heterocycles. The molecule has 4 N–H and O–H groups in total. The van der Waals surface area contributed by atoms with Crippen LogP contribution in [0.3, 0.4) is 0 Å². The van der Waals surface area contributed by atoms with Gasteiger partial charge in [0, 0.05) is 11.1 Å². The molecule has 0 unspecified atom stereocenters. The zero-order chi connectivity index (χ0) is 20.5. The molecular weight excluding hydrogens is 380 g/mol. The molecule has 0 saturated carbocycles. The highest BCUT2D eigenvalue weighted by Crippen LogP contribution is 2.23. The van der Waals surface area contributed by atoms with Crippen LogP contribution in [0.15, 0.2) is 73.1 Å². The van der Waals surface area contributed by atoms with Crippen LogP contribution in [0, 0.1) is 0 Å². The summed E-state index contributed by atoms with van der Waals surface area (Å²) < 4.78 is 0. The smallest absolute Gasteiger partial charge is 0.276 e. The highest BCUT2D eigenvalue weighted by Gasteiger charge is 2.22. The SMILES string of the molecule is O=C(Nc1cccc2ccccc12)c1nc[nH]c1C(=O)Nc1nc2ccccc2[nH]1. The molecule has 8 nitrogen and oxygen atoms in total. The Morgan fingerprint density at radius 1 is 0.833 bits per heavy atom. The number of nitrogens with zero attached hydrogens (tertiary/aromatic N) is 2. The molecule has 0 aliphatic heterocycles. The average Bonchev–Trinajstić information content (AvgIpc) is 3.41. The van der Waals surface area contributed by atoms with Crippen LogP contribution >= 0.6 is 0 Å². The Morgan fingerprint density at radius 2 is 1.63 bits per heavy atom. The zero-order valence-corrected chi connectivity index (χ0v) is 15.6. The van der Waals surface area contributed by atoms with Gasteiger partial charge >= 0.3 is 0 Å². The van der Waals surface area contributed by atoms with Gasteiger partial charge in [0.25, 0.3) is 11.8 Å². The molecule has 0 saturated heterocycles. The van der Waals surface area contributed by atoms with Gasteiger partial charge in [-0.15, -0.1) is 0 Å². The first-order chi connectivity index (χ1) is 14.7. The minimum absolute atomic E-state index is 0.00320. The van der Waals surface area contributed by atoms with Crippen LogP contribution in [0.4, 0.5) is 11.6 Å². The quantitative estimate of drug-likeness (QED) is 0.368. The van der Waals surface area contributed by atoms with E-state index in [0.717, 1.165) is 21.8 Å². The van der Waals surface area contributed by atoms with Gasteiger partial charge < -0.3 is 15.3 Å². The average molecular weight is 396 g/mol. The second kappa shape index (κ2) is 7.17. The van der Waals surface area contributed by atoms with Crippen molar-refractivity contribution in [3.05, 3.63) is 84.4 Å². The number of carbonyl (C=O) groups is 2. The molecule has 146 valence electrons. The van der Waals surface area contributed by atoms with E-state index in [1.54, 1.807) is 6.07 Å². The van der Waals surface area contributed by atoms with E-state index in [4.69, 9.17) is 0 Å². The molecule has 0 bridgehead atoms. The first-order valence-electron chi connectivity index (χ1n) is 9.27. The predicted molar refractivity (Wildman–Crippen MR) is 115 cm³/mol. The number of benzene rings is 3. The number of aromatic nitrogens is 4. The van der Waals surface area contributed by atoms with Gasteiger partial charge in [0.1, 0.15) is 5.69 Å². The monoisotopic (exact) mass is 396 g/mol. The van der Waals surface area contributed by atoms with Crippen molar-refractivity contribution in [2.24, 2.45) is 0 Å². The number of fused-ring (bicyclic) bond motifs is 2. The van der Waals surface area contributed by atoms with E-state index < -0.39 is 11.8 Å². The number of hydrogen-bond acceptors (Lipinski definition) is 4. The normalized spacial score (nSPS) is 10.9. The maximum atomic E-state index is 12.8. The number of nitrogens with one attached hydrogen (secondary N) is 4. The molecule has 2 aromatic heterocycles. The number of amides is 2. The minimum atomic E-state index is -0.519. The lowest BCUT2D eigenvalue weighted by molar-refractivity contribution is 0.0985. The summed E-state index contributed by atoms with van der Waals surface area (Å²) in [5.41, 5.74) is 2.21. The fourth-order valence-electron chi connectivity index (χ4n) is 3.34.